The largest absolute Gasteiger partial charge is 0.295 e. The van der Waals surface area contributed by atoms with Gasteiger partial charge in [0.25, 0.3) is 0 Å². The number of halogens is 4. The summed E-state index contributed by atoms with van der Waals surface area (Å²) < 4.78 is 17.0. The molecule has 0 radical (unpaired) electrons. The standard InChI is InChI=1S/C14H8Br2ClFN2/c15-8-1-4-13-12(5-8)19-14(7-17)20(13)9-2-3-10(16)11(18)6-9/h1-6H,7H2. The molecule has 0 N–H and O–H groups in total. The molecule has 0 atom stereocenters. The van der Waals surface area contributed by atoms with Crippen molar-refractivity contribution in [3.8, 4) is 5.69 Å². The van der Waals surface area contributed by atoms with Crippen molar-refractivity contribution in [2.75, 3.05) is 0 Å². The van der Waals surface area contributed by atoms with E-state index in [-0.39, 0.29) is 11.7 Å². The van der Waals surface area contributed by atoms with Gasteiger partial charge < -0.3 is 0 Å². The first kappa shape index (κ1) is 14.0. The lowest BCUT2D eigenvalue weighted by Gasteiger charge is -2.08. The van der Waals surface area contributed by atoms with Crippen LogP contribution in [0.5, 0.6) is 0 Å². The second-order valence-electron chi connectivity index (χ2n) is 4.23. The predicted octanol–water partition coefficient (Wildman–Crippen LogP) is 5.43. The van der Waals surface area contributed by atoms with E-state index >= 15 is 0 Å². The number of alkyl halides is 1. The number of nitrogens with zero attached hydrogens (tertiary/aromatic N) is 2. The molecule has 0 saturated carbocycles. The number of fused-ring (bicyclic) bond motifs is 1. The molecule has 0 spiro atoms. The highest BCUT2D eigenvalue weighted by Gasteiger charge is 2.13. The highest BCUT2D eigenvalue weighted by Crippen LogP contribution is 2.27. The topological polar surface area (TPSA) is 17.8 Å². The van der Waals surface area contributed by atoms with Crippen molar-refractivity contribution < 1.29 is 4.39 Å². The lowest BCUT2D eigenvalue weighted by atomic mass is 10.2. The molecule has 0 amide bonds. The molecule has 0 saturated heterocycles. The second-order valence-corrected chi connectivity index (χ2v) is 6.27. The predicted molar refractivity (Wildman–Crippen MR) is 86.0 cm³/mol. The molecule has 0 fully saturated rings. The first-order valence-corrected chi connectivity index (χ1v) is 7.90. The number of hydrogen-bond acceptors (Lipinski definition) is 1. The molecule has 0 bridgehead atoms. The van der Waals surface area contributed by atoms with Crippen molar-refractivity contribution >= 4 is 54.5 Å². The van der Waals surface area contributed by atoms with E-state index in [1.165, 1.54) is 6.07 Å². The molecule has 3 aromatic rings. The van der Waals surface area contributed by atoms with Crippen LogP contribution in [-0.4, -0.2) is 9.55 Å². The van der Waals surface area contributed by atoms with E-state index in [2.05, 4.69) is 36.8 Å². The highest BCUT2D eigenvalue weighted by molar-refractivity contribution is 9.10. The van der Waals surface area contributed by atoms with Crippen LogP contribution < -0.4 is 0 Å². The number of benzene rings is 2. The maximum atomic E-state index is 13.7. The van der Waals surface area contributed by atoms with Crippen LogP contribution in [0.2, 0.25) is 0 Å². The second kappa shape index (κ2) is 5.47. The molecule has 2 aromatic carbocycles. The van der Waals surface area contributed by atoms with Crippen molar-refractivity contribution in [3.63, 3.8) is 0 Å². The summed E-state index contributed by atoms with van der Waals surface area (Å²) in [6.07, 6.45) is 0. The van der Waals surface area contributed by atoms with Gasteiger partial charge in [-0.15, -0.1) is 11.6 Å². The number of rotatable bonds is 2. The van der Waals surface area contributed by atoms with Crippen LogP contribution in [0.4, 0.5) is 4.39 Å². The van der Waals surface area contributed by atoms with Crippen molar-refractivity contribution in [1.29, 1.82) is 0 Å². The SMILES string of the molecule is Fc1cc(-n2c(CCl)nc3cc(Br)ccc32)ccc1Br. The van der Waals surface area contributed by atoms with Gasteiger partial charge in [0.15, 0.2) is 0 Å². The molecule has 0 aliphatic heterocycles. The molecule has 6 heteroatoms. The Morgan fingerprint density at radius 3 is 2.65 bits per heavy atom. The maximum absolute atomic E-state index is 13.7. The summed E-state index contributed by atoms with van der Waals surface area (Å²) >= 11 is 12.5. The third kappa shape index (κ3) is 2.38. The average Bonchev–Trinajstić information content (AvgIpc) is 2.79. The fourth-order valence-electron chi connectivity index (χ4n) is 2.11. The molecule has 2 nitrogen and oxygen atoms in total. The number of hydrogen-bond donors (Lipinski definition) is 0. The van der Waals surface area contributed by atoms with E-state index in [1.807, 2.05) is 28.8 Å². The van der Waals surface area contributed by atoms with Gasteiger partial charge in [-0.05, 0) is 52.3 Å². The minimum Gasteiger partial charge on any atom is -0.295 e. The highest BCUT2D eigenvalue weighted by atomic mass is 79.9. The van der Waals surface area contributed by atoms with E-state index in [4.69, 9.17) is 11.6 Å². The summed E-state index contributed by atoms with van der Waals surface area (Å²) in [6.45, 7) is 0. The lowest BCUT2D eigenvalue weighted by molar-refractivity contribution is 0.620. The molecule has 20 heavy (non-hydrogen) atoms. The first-order chi connectivity index (χ1) is 9.60. The van der Waals surface area contributed by atoms with Gasteiger partial charge in [-0.3, -0.25) is 4.57 Å². The molecule has 0 aliphatic carbocycles. The number of imidazole rings is 1. The van der Waals surface area contributed by atoms with Gasteiger partial charge in [0, 0.05) is 4.47 Å². The van der Waals surface area contributed by atoms with Crippen LogP contribution in [0.3, 0.4) is 0 Å². The summed E-state index contributed by atoms with van der Waals surface area (Å²) in [6, 6.07) is 10.7. The van der Waals surface area contributed by atoms with Gasteiger partial charge in [-0.2, -0.15) is 0 Å². The first-order valence-electron chi connectivity index (χ1n) is 5.78. The van der Waals surface area contributed by atoms with E-state index in [0.717, 1.165) is 15.5 Å². The molecule has 0 aliphatic rings. The van der Waals surface area contributed by atoms with E-state index in [1.54, 1.807) is 6.07 Å². The molecule has 0 unspecified atom stereocenters. The Kier molecular flexibility index (Phi) is 3.84. The van der Waals surface area contributed by atoms with Gasteiger partial charge in [-0.25, -0.2) is 9.37 Å². The van der Waals surface area contributed by atoms with E-state index in [9.17, 15) is 4.39 Å². The minimum absolute atomic E-state index is 0.254. The van der Waals surface area contributed by atoms with Gasteiger partial charge >= 0.3 is 0 Å². The van der Waals surface area contributed by atoms with Crippen molar-refractivity contribution in [2.24, 2.45) is 0 Å². The molecule has 102 valence electrons. The van der Waals surface area contributed by atoms with Gasteiger partial charge in [0.2, 0.25) is 0 Å². The van der Waals surface area contributed by atoms with Crippen LogP contribution in [-0.2, 0) is 5.88 Å². The fraction of sp³-hybridized carbons (Fsp3) is 0.0714. The third-order valence-corrected chi connectivity index (χ3v) is 4.34. The van der Waals surface area contributed by atoms with Gasteiger partial charge in [-0.1, -0.05) is 15.9 Å². The zero-order valence-electron chi connectivity index (χ0n) is 10.1. The Bertz CT molecular complexity index is 801. The summed E-state index contributed by atoms with van der Waals surface area (Å²) in [5, 5.41) is 0. The minimum atomic E-state index is -0.318. The summed E-state index contributed by atoms with van der Waals surface area (Å²) in [5.41, 5.74) is 2.41. The Hall–Kier alpha value is -0.910. The monoisotopic (exact) mass is 416 g/mol. The summed E-state index contributed by atoms with van der Waals surface area (Å²) in [7, 11) is 0. The Morgan fingerprint density at radius 1 is 1.15 bits per heavy atom. The van der Waals surface area contributed by atoms with Gasteiger partial charge in [0.1, 0.15) is 11.6 Å². The van der Waals surface area contributed by atoms with Gasteiger partial charge in [0.05, 0.1) is 27.1 Å². The molecule has 1 aromatic heterocycles. The van der Waals surface area contributed by atoms with Crippen LogP contribution >= 0.6 is 43.5 Å². The van der Waals surface area contributed by atoms with Crippen LogP contribution in [0.15, 0.2) is 45.3 Å². The normalized spacial score (nSPS) is 11.2. The Balaban J connectivity index is 2.30. The van der Waals surface area contributed by atoms with Crippen LogP contribution in [0.1, 0.15) is 5.82 Å². The van der Waals surface area contributed by atoms with E-state index in [0.29, 0.717) is 16.0 Å². The molecular formula is C14H8Br2ClFN2. The zero-order chi connectivity index (χ0) is 14.3. The summed E-state index contributed by atoms with van der Waals surface area (Å²) in [4.78, 5) is 4.49. The zero-order valence-corrected chi connectivity index (χ0v) is 14.0. The Labute approximate surface area is 136 Å². The van der Waals surface area contributed by atoms with Crippen molar-refractivity contribution in [3.05, 3.63) is 57.0 Å². The summed E-state index contributed by atoms with van der Waals surface area (Å²) in [5.74, 6) is 0.618. The average molecular weight is 418 g/mol. The molecule has 1 heterocycles. The van der Waals surface area contributed by atoms with E-state index < -0.39 is 0 Å². The smallest absolute Gasteiger partial charge is 0.139 e. The quantitative estimate of drug-likeness (QED) is 0.508. The third-order valence-electron chi connectivity index (χ3n) is 2.97. The van der Waals surface area contributed by atoms with Crippen molar-refractivity contribution in [2.45, 2.75) is 5.88 Å². The molecular weight excluding hydrogens is 410 g/mol. The van der Waals surface area contributed by atoms with Crippen molar-refractivity contribution in [1.82, 2.24) is 9.55 Å². The Morgan fingerprint density at radius 2 is 1.95 bits per heavy atom. The maximum Gasteiger partial charge on any atom is 0.139 e. The lowest BCUT2D eigenvalue weighted by Crippen LogP contribution is -1.99. The number of aromatic nitrogens is 2. The molecule has 3 rings (SSSR count). The van der Waals surface area contributed by atoms with Crippen LogP contribution in [0, 0.1) is 5.82 Å². The van der Waals surface area contributed by atoms with Crippen LogP contribution in [0.25, 0.3) is 16.7 Å². The fourth-order valence-corrected chi connectivity index (χ4v) is 2.88.